The first-order valence-electron chi connectivity index (χ1n) is 3.89. The number of rotatable bonds is 2. The standard InChI is InChI=1S/C7H10F3N3O/c1-4(14)3-13-5(7(8,9)10)2-6(11)12-13/h2,4,14H,3H2,1H3,(H2,11,12). The van der Waals surface area contributed by atoms with Crippen LogP contribution in [0.2, 0.25) is 0 Å². The summed E-state index contributed by atoms with van der Waals surface area (Å²) in [5, 5.41) is 12.4. The maximum Gasteiger partial charge on any atom is 0.433 e. The fourth-order valence-corrected chi connectivity index (χ4v) is 1.05. The highest BCUT2D eigenvalue weighted by Gasteiger charge is 2.35. The summed E-state index contributed by atoms with van der Waals surface area (Å²) < 4.78 is 37.6. The highest BCUT2D eigenvalue weighted by atomic mass is 19.4. The first-order valence-corrected chi connectivity index (χ1v) is 3.89. The number of nitrogen functional groups attached to an aromatic ring is 1. The van der Waals surface area contributed by atoms with Gasteiger partial charge in [0.05, 0.1) is 12.6 Å². The molecular formula is C7H10F3N3O. The minimum absolute atomic E-state index is 0.210. The van der Waals surface area contributed by atoms with E-state index < -0.39 is 18.0 Å². The van der Waals surface area contributed by atoms with Gasteiger partial charge in [-0.2, -0.15) is 18.3 Å². The van der Waals surface area contributed by atoms with Crippen LogP contribution >= 0.6 is 0 Å². The number of aliphatic hydroxyl groups is 1. The molecule has 1 unspecified atom stereocenters. The van der Waals surface area contributed by atoms with Crippen LogP contribution in [0, 0.1) is 0 Å². The van der Waals surface area contributed by atoms with E-state index in [1.807, 2.05) is 0 Å². The van der Waals surface area contributed by atoms with Crippen LogP contribution in [-0.2, 0) is 12.7 Å². The monoisotopic (exact) mass is 209 g/mol. The number of hydrogen-bond donors (Lipinski definition) is 2. The molecule has 0 saturated carbocycles. The van der Waals surface area contributed by atoms with E-state index in [4.69, 9.17) is 10.8 Å². The number of hydrogen-bond acceptors (Lipinski definition) is 3. The average Bonchev–Trinajstić information content (AvgIpc) is 2.28. The summed E-state index contributed by atoms with van der Waals surface area (Å²) in [5.41, 5.74) is 4.19. The van der Waals surface area contributed by atoms with Crippen molar-refractivity contribution in [2.75, 3.05) is 5.73 Å². The first-order chi connectivity index (χ1) is 6.30. The van der Waals surface area contributed by atoms with E-state index in [-0.39, 0.29) is 12.4 Å². The fourth-order valence-electron chi connectivity index (χ4n) is 1.05. The zero-order valence-electron chi connectivity index (χ0n) is 7.41. The summed E-state index contributed by atoms with van der Waals surface area (Å²) in [6, 6.07) is 0.738. The lowest BCUT2D eigenvalue weighted by molar-refractivity contribution is -0.144. The van der Waals surface area contributed by atoms with Crippen molar-refractivity contribution in [2.24, 2.45) is 0 Å². The van der Waals surface area contributed by atoms with Crippen molar-refractivity contribution in [3.05, 3.63) is 11.8 Å². The second-order valence-corrected chi connectivity index (χ2v) is 2.98. The molecule has 0 aliphatic heterocycles. The lowest BCUT2D eigenvalue weighted by Gasteiger charge is -2.10. The van der Waals surface area contributed by atoms with E-state index in [2.05, 4.69) is 5.10 Å². The van der Waals surface area contributed by atoms with Crippen LogP contribution in [0.3, 0.4) is 0 Å². The maximum absolute atomic E-state index is 12.3. The Bertz CT molecular complexity index is 318. The Kier molecular flexibility index (Phi) is 2.70. The van der Waals surface area contributed by atoms with Crippen LogP contribution in [0.25, 0.3) is 0 Å². The van der Waals surface area contributed by atoms with Crippen molar-refractivity contribution >= 4 is 5.82 Å². The Labute approximate surface area is 78.1 Å². The molecule has 0 radical (unpaired) electrons. The van der Waals surface area contributed by atoms with Crippen molar-refractivity contribution < 1.29 is 18.3 Å². The molecule has 1 rings (SSSR count). The van der Waals surface area contributed by atoms with Crippen molar-refractivity contribution in [1.29, 1.82) is 0 Å². The minimum atomic E-state index is -4.50. The smallest absolute Gasteiger partial charge is 0.391 e. The Balaban J connectivity index is 3.03. The molecule has 0 amide bonds. The Hall–Kier alpha value is -1.24. The van der Waals surface area contributed by atoms with Crippen LogP contribution < -0.4 is 5.73 Å². The number of aliphatic hydroxyl groups excluding tert-OH is 1. The molecule has 0 fully saturated rings. The SMILES string of the molecule is CC(O)Cn1nc(N)cc1C(F)(F)F. The van der Waals surface area contributed by atoms with Crippen LogP contribution in [0.4, 0.5) is 19.0 Å². The van der Waals surface area contributed by atoms with Gasteiger partial charge in [-0.05, 0) is 6.92 Å². The molecule has 1 atom stereocenters. The predicted molar refractivity (Wildman–Crippen MR) is 43.3 cm³/mol. The van der Waals surface area contributed by atoms with Gasteiger partial charge in [0.1, 0.15) is 11.5 Å². The van der Waals surface area contributed by atoms with Gasteiger partial charge in [0.25, 0.3) is 0 Å². The van der Waals surface area contributed by atoms with Crippen molar-refractivity contribution in [2.45, 2.75) is 25.7 Å². The van der Waals surface area contributed by atoms with Gasteiger partial charge in [-0.25, -0.2) is 0 Å². The van der Waals surface area contributed by atoms with Gasteiger partial charge >= 0.3 is 6.18 Å². The molecule has 80 valence electrons. The maximum atomic E-state index is 12.3. The van der Waals surface area contributed by atoms with Gasteiger partial charge in [0.15, 0.2) is 0 Å². The number of halogens is 3. The first kappa shape index (κ1) is 10.8. The van der Waals surface area contributed by atoms with Crippen molar-refractivity contribution in [3.63, 3.8) is 0 Å². The molecule has 1 aromatic rings. The van der Waals surface area contributed by atoms with E-state index in [0.29, 0.717) is 4.68 Å². The lowest BCUT2D eigenvalue weighted by atomic mass is 10.3. The molecule has 14 heavy (non-hydrogen) atoms. The quantitative estimate of drug-likeness (QED) is 0.759. The average molecular weight is 209 g/mol. The van der Waals surface area contributed by atoms with Crippen LogP contribution in [0.15, 0.2) is 6.07 Å². The molecule has 3 N–H and O–H groups in total. The Morgan fingerprint density at radius 1 is 1.64 bits per heavy atom. The normalized spacial score (nSPS) is 14.4. The van der Waals surface area contributed by atoms with Gasteiger partial charge in [0, 0.05) is 6.07 Å². The number of alkyl halides is 3. The number of nitrogens with zero attached hydrogens (tertiary/aromatic N) is 2. The topological polar surface area (TPSA) is 64.1 Å². The molecule has 0 spiro atoms. The molecule has 4 nitrogen and oxygen atoms in total. The second-order valence-electron chi connectivity index (χ2n) is 2.98. The van der Waals surface area contributed by atoms with Crippen LogP contribution in [0.5, 0.6) is 0 Å². The number of nitrogens with two attached hydrogens (primary N) is 1. The fraction of sp³-hybridized carbons (Fsp3) is 0.571. The molecule has 1 aromatic heterocycles. The predicted octanol–water partition coefficient (Wildman–Crippen LogP) is 0.865. The Morgan fingerprint density at radius 3 is 2.64 bits per heavy atom. The number of anilines is 1. The van der Waals surface area contributed by atoms with E-state index in [9.17, 15) is 13.2 Å². The van der Waals surface area contributed by atoms with E-state index >= 15 is 0 Å². The van der Waals surface area contributed by atoms with Crippen LogP contribution in [-0.4, -0.2) is 21.0 Å². The zero-order chi connectivity index (χ0) is 10.9. The summed E-state index contributed by atoms with van der Waals surface area (Å²) in [5.74, 6) is -0.210. The summed E-state index contributed by atoms with van der Waals surface area (Å²) in [7, 11) is 0. The zero-order valence-corrected chi connectivity index (χ0v) is 7.41. The van der Waals surface area contributed by atoms with Gasteiger partial charge in [-0.1, -0.05) is 0 Å². The molecule has 7 heteroatoms. The third kappa shape index (κ3) is 2.38. The van der Waals surface area contributed by atoms with E-state index in [1.54, 1.807) is 0 Å². The molecular weight excluding hydrogens is 199 g/mol. The molecule has 0 bridgehead atoms. The third-order valence-corrected chi connectivity index (χ3v) is 1.53. The summed E-state index contributed by atoms with van der Waals surface area (Å²) >= 11 is 0. The largest absolute Gasteiger partial charge is 0.433 e. The van der Waals surface area contributed by atoms with Gasteiger partial charge in [-0.3, -0.25) is 4.68 Å². The molecule has 0 aliphatic carbocycles. The van der Waals surface area contributed by atoms with Gasteiger partial charge in [-0.15, -0.1) is 0 Å². The third-order valence-electron chi connectivity index (χ3n) is 1.53. The summed E-state index contributed by atoms with van der Waals surface area (Å²) in [6.45, 7) is 1.14. The van der Waals surface area contributed by atoms with Crippen LogP contribution in [0.1, 0.15) is 12.6 Å². The van der Waals surface area contributed by atoms with Gasteiger partial charge in [0.2, 0.25) is 0 Å². The minimum Gasteiger partial charge on any atom is -0.391 e. The van der Waals surface area contributed by atoms with Crippen molar-refractivity contribution in [3.8, 4) is 0 Å². The second kappa shape index (κ2) is 3.49. The molecule has 1 heterocycles. The Morgan fingerprint density at radius 2 is 2.21 bits per heavy atom. The van der Waals surface area contributed by atoms with Gasteiger partial charge < -0.3 is 10.8 Å². The highest BCUT2D eigenvalue weighted by Crippen LogP contribution is 2.30. The lowest BCUT2D eigenvalue weighted by Crippen LogP contribution is -2.20. The highest BCUT2D eigenvalue weighted by molar-refractivity contribution is 5.30. The van der Waals surface area contributed by atoms with Crippen molar-refractivity contribution in [1.82, 2.24) is 9.78 Å². The number of aromatic nitrogens is 2. The molecule has 0 aromatic carbocycles. The molecule has 0 saturated heterocycles. The molecule has 0 aliphatic rings. The summed E-state index contributed by atoms with van der Waals surface area (Å²) in [6.07, 6.45) is -5.41. The van der Waals surface area contributed by atoms with E-state index in [1.165, 1.54) is 6.92 Å². The van der Waals surface area contributed by atoms with E-state index in [0.717, 1.165) is 6.07 Å². The summed E-state index contributed by atoms with van der Waals surface area (Å²) in [4.78, 5) is 0.